The molecule has 0 spiro atoms. The van der Waals surface area contributed by atoms with Gasteiger partial charge in [-0.2, -0.15) is 13.2 Å². The van der Waals surface area contributed by atoms with Crippen molar-refractivity contribution in [2.24, 2.45) is 4.99 Å². The van der Waals surface area contributed by atoms with Gasteiger partial charge in [0.2, 0.25) is 0 Å². The Labute approximate surface area is 168 Å². The molecule has 0 radical (unpaired) electrons. The number of aromatic nitrogens is 1. The number of aliphatic imine (C=N–C) groups is 1. The minimum atomic E-state index is -4.41. The summed E-state index contributed by atoms with van der Waals surface area (Å²) in [4.78, 5) is 8.78. The Morgan fingerprint density at radius 1 is 1.14 bits per heavy atom. The van der Waals surface area contributed by atoms with Crippen molar-refractivity contribution in [3.8, 4) is 11.5 Å². The molecule has 0 saturated heterocycles. The van der Waals surface area contributed by atoms with Crippen molar-refractivity contribution in [1.82, 2.24) is 15.6 Å². The molecular formula is C20H25F3N4O2. The minimum Gasteiger partial charge on any atom is -0.493 e. The van der Waals surface area contributed by atoms with Crippen molar-refractivity contribution in [2.45, 2.75) is 26.1 Å². The highest BCUT2D eigenvalue weighted by Gasteiger charge is 2.29. The van der Waals surface area contributed by atoms with Crippen LogP contribution in [0.2, 0.25) is 0 Å². The molecule has 2 rings (SSSR count). The number of rotatable bonds is 9. The van der Waals surface area contributed by atoms with E-state index in [4.69, 9.17) is 9.47 Å². The van der Waals surface area contributed by atoms with E-state index in [1.54, 1.807) is 18.3 Å². The zero-order valence-corrected chi connectivity index (χ0v) is 16.4. The SMILES string of the molecule is CCNC(=NCc1ccc(OCC(F)(F)F)c(OC)c1)NCCc1ccccn1. The van der Waals surface area contributed by atoms with Crippen molar-refractivity contribution in [1.29, 1.82) is 0 Å². The van der Waals surface area contributed by atoms with Crippen LogP contribution in [0.15, 0.2) is 47.6 Å². The number of ether oxygens (including phenoxy) is 2. The van der Waals surface area contributed by atoms with E-state index in [1.165, 1.54) is 13.2 Å². The smallest absolute Gasteiger partial charge is 0.422 e. The van der Waals surface area contributed by atoms with Crippen molar-refractivity contribution in [3.05, 3.63) is 53.9 Å². The van der Waals surface area contributed by atoms with Gasteiger partial charge in [0.25, 0.3) is 0 Å². The van der Waals surface area contributed by atoms with Gasteiger partial charge < -0.3 is 20.1 Å². The van der Waals surface area contributed by atoms with Crippen molar-refractivity contribution >= 4 is 5.96 Å². The molecule has 0 amide bonds. The minimum absolute atomic E-state index is 0.0398. The summed E-state index contributed by atoms with van der Waals surface area (Å²) in [7, 11) is 1.38. The van der Waals surface area contributed by atoms with Crippen LogP contribution >= 0.6 is 0 Å². The number of hydrogen-bond acceptors (Lipinski definition) is 4. The first-order chi connectivity index (χ1) is 13.9. The maximum absolute atomic E-state index is 12.3. The Bertz CT molecular complexity index is 783. The van der Waals surface area contributed by atoms with Crippen molar-refractivity contribution in [2.75, 3.05) is 26.8 Å². The van der Waals surface area contributed by atoms with Gasteiger partial charge in [-0.15, -0.1) is 0 Å². The fourth-order valence-corrected chi connectivity index (χ4v) is 2.46. The number of pyridine rings is 1. The number of methoxy groups -OCH3 is 1. The van der Waals surface area contributed by atoms with Gasteiger partial charge in [-0.05, 0) is 36.8 Å². The van der Waals surface area contributed by atoms with Gasteiger partial charge in [0.05, 0.1) is 13.7 Å². The van der Waals surface area contributed by atoms with E-state index < -0.39 is 12.8 Å². The van der Waals surface area contributed by atoms with Crippen LogP contribution in [0.4, 0.5) is 13.2 Å². The number of benzene rings is 1. The van der Waals surface area contributed by atoms with Crippen LogP contribution in [-0.2, 0) is 13.0 Å². The first-order valence-electron chi connectivity index (χ1n) is 9.20. The monoisotopic (exact) mass is 410 g/mol. The van der Waals surface area contributed by atoms with E-state index in [9.17, 15) is 13.2 Å². The largest absolute Gasteiger partial charge is 0.493 e. The zero-order chi connectivity index (χ0) is 21.1. The van der Waals surface area contributed by atoms with Crippen molar-refractivity contribution < 1.29 is 22.6 Å². The number of alkyl halides is 3. The molecule has 0 unspecified atom stereocenters. The summed E-state index contributed by atoms with van der Waals surface area (Å²) in [5.74, 6) is 0.910. The van der Waals surface area contributed by atoms with Crippen LogP contribution in [-0.4, -0.2) is 43.9 Å². The Hall–Kier alpha value is -2.97. The highest BCUT2D eigenvalue weighted by atomic mass is 19.4. The second-order valence-electron chi connectivity index (χ2n) is 6.08. The number of hydrogen-bond donors (Lipinski definition) is 2. The molecular weight excluding hydrogens is 385 g/mol. The topological polar surface area (TPSA) is 67.8 Å². The molecule has 9 heteroatoms. The molecule has 1 aromatic carbocycles. The van der Waals surface area contributed by atoms with E-state index in [-0.39, 0.29) is 11.5 Å². The number of guanidine groups is 1. The summed E-state index contributed by atoms with van der Waals surface area (Å²) < 4.78 is 47.0. The van der Waals surface area contributed by atoms with Crippen LogP contribution in [0.25, 0.3) is 0 Å². The normalized spacial score (nSPS) is 11.8. The molecule has 29 heavy (non-hydrogen) atoms. The molecule has 0 bridgehead atoms. The molecule has 158 valence electrons. The lowest BCUT2D eigenvalue weighted by Gasteiger charge is -2.14. The Kier molecular flexibility index (Phi) is 8.57. The van der Waals surface area contributed by atoms with E-state index >= 15 is 0 Å². The molecule has 0 aliphatic carbocycles. The summed E-state index contributed by atoms with van der Waals surface area (Å²) in [6, 6.07) is 10.5. The molecule has 0 aliphatic rings. The molecule has 2 N–H and O–H groups in total. The highest BCUT2D eigenvalue weighted by molar-refractivity contribution is 5.79. The molecule has 0 atom stereocenters. The maximum Gasteiger partial charge on any atom is 0.422 e. The van der Waals surface area contributed by atoms with Crippen molar-refractivity contribution in [3.63, 3.8) is 0 Å². The summed E-state index contributed by atoms with van der Waals surface area (Å²) in [5, 5.41) is 6.39. The molecule has 2 aromatic rings. The molecule has 0 aliphatic heterocycles. The average molecular weight is 410 g/mol. The first-order valence-corrected chi connectivity index (χ1v) is 9.20. The van der Waals surface area contributed by atoms with Gasteiger partial charge in [-0.3, -0.25) is 4.98 Å². The van der Waals surface area contributed by atoms with Crippen LogP contribution in [0.1, 0.15) is 18.2 Å². The van der Waals surface area contributed by atoms with E-state index in [1.807, 2.05) is 25.1 Å². The zero-order valence-electron chi connectivity index (χ0n) is 16.4. The molecule has 6 nitrogen and oxygen atoms in total. The number of nitrogens with one attached hydrogen (secondary N) is 2. The predicted octanol–water partition coefficient (Wildman–Crippen LogP) is 3.33. The van der Waals surface area contributed by atoms with Crippen LogP contribution in [0.5, 0.6) is 11.5 Å². The Morgan fingerprint density at radius 2 is 1.97 bits per heavy atom. The predicted molar refractivity (Wildman–Crippen MR) is 105 cm³/mol. The summed E-state index contributed by atoms with van der Waals surface area (Å²) in [5.41, 5.74) is 1.76. The third-order valence-corrected chi connectivity index (χ3v) is 3.78. The maximum atomic E-state index is 12.3. The third kappa shape index (κ3) is 8.28. The van der Waals surface area contributed by atoms with Crippen LogP contribution < -0.4 is 20.1 Å². The van der Waals surface area contributed by atoms with Gasteiger partial charge >= 0.3 is 6.18 Å². The third-order valence-electron chi connectivity index (χ3n) is 3.78. The van der Waals surface area contributed by atoms with E-state index in [2.05, 4.69) is 20.6 Å². The first kappa shape index (κ1) is 22.3. The fraction of sp³-hybridized carbons (Fsp3) is 0.400. The fourth-order valence-electron chi connectivity index (χ4n) is 2.46. The van der Waals surface area contributed by atoms with Crippen LogP contribution in [0.3, 0.4) is 0 Å². The second-order valence-corrected chi connectivity index (χ2v) is 6.08. The molecule has 1 aromatic heterocycles. The highest BCUT2D eigenvalue weighted by Crippen LogP contribution is 2.30. The standard InChI is InChI=1S/C20H25F3N4O2/c1-3-24-19(26-11-9-16-6-4-5-10-25-16)27-13-15-7-8-17(18(12-15)28-2)29-14-20(21,22)23/h4-8,10,12H,3,9,11,13-14H2,1-2H3,(H2,24,26,27). The number of nitrogens with zero attached hydrogens (tertiary/aromatic N) is 2. The average Bonchev–Trinajstić information content (AvgIpc) is 2.71. The quantitative estimate of drug-likeness (QED) is 0.490. The van der Waals surface area contributed by atoms with E-state index in [0.717, 1.165) is 17.7 Å². The van der Waals surface area contributed by atoms with Gasteiger partial charge in [-0.1, -0.05) is 12.1 Å². The van der Waals surface area contributed by atoms with Crippen LogP contribution in [0, 0.1) is 0 Å². The summed E-state index contributed by atoms with van der Waals surface area (Å²) in [6.45, 7) is 2.28. The lowest BCUT2D eigenvalue weighted by molar-refractivity contribution is -0.153. The summed E-state index contributed by atoms with van der Waals surface area (Å²) >= 11 is 0. The molecule has 0 saturated carbocycles. The van der Waals surface area contributed by atoms with Gasteiger partial charge in [0.15, 0.2) is 24.1 Å². The number of halogens is 3. The Morgan fingerprint density at radius 3 is 2.62 bits per heavy atom. The lowest BCUT2D eigenvalue weighted by atomic mass is 10.2. The molecule has 1 heterocycles. The second kappa shape index (κ2) is 11.1. The van der Waals surface area contributed by atoms with Gasteiger partial charge in [-0.25, -0.2) is 4.99 Å². The Balaban J connectivity index is 1.96. The van der Waals surface area contributed by atoms with Gasteiger partial charge in [0.1, 0.15) is 0 Å². The lowest BCUT2D eigenvalue weighted by Crippen LogP contribution is -2.38. The van der Waals surface area contributed by atoms with E-state index in [0.29, 0.717) is 25.6 Å². The molecule has 0 fully saturated rings. The summed E-state index contributed by atoms with van der Waals surface area (Å²) in [6.07, 6.45) is -1.90. The van der Waals surface area contributed by atoms with Gasteiger partial charge in [0, 0.05) is 31.4 Å².